The van der Waals surface area contributed by atoms with E-state index < -0.39 is 16.3 Å². The van der Waals surface area contributed by atoms with E-state index in [1.165, 1.54) is 8.61 Å². The molecule has 0 spiro atoms. The molecule has 1 atom stereocenters. The molecule has 8 heteroatoms. The van der Waals surface area contributed by atoms with Crippen molar-refractivity contribution in [3.63, 3.8) is 0 Å². The number of rotatable bonds is 4. The quantitative estimate of drug-likeness (QED) is 0.768. The van der Waals surface area contributed by atoms with E-state index in [2.05, 4.69) is 0 Å². The molecule has 0 aliphatic carbocycles. The second-order valence-electron chi connectivity index (χ2n) is 5.52. The Bertz CT molecular complexity index is 909. The average Bonchev–Trinajstić information content (AvgIpc) is 2.87. The van der Waals surface area contributed by atoms with Crippen molar-refractivity contribution in [1.29, 1.82) is 5.26 Å². The molecule has 0 radical (unpaired) electrons. The summed E-state index contributed by atoms with van der Waals surface area (Å²) in [6.45, 7) is -0.0153. The topological polar surface area (TPSA) is 73.6 Å². The number of halogens is 1. The van der Waals surface area contributed by atoms with Crippen LogP contribution in [0, 0.1) is 11.3 Å². The maximum Gasteiger partial charge on any atom is 0.305 e. The highest BCUT2D eigenvalue weighted by molar-refractivity contribution is 7.90. The van der Waals surface area contributed by atoms with Crippen LogP contribution in [0.5, 0.6) is 5.75 Å². The van der Waals surface area contributed by atoms with Crippen molar-refractivity contribution in [2.24, 2.45) is 0 Å². The smallest absolute Gasteiger partial charge is 0.305 e. The van der Waals surface area contributed by atoms with E-state index in [1.807, 2.05) is 18.2 Å². The summed E-state index contributed by atoms with van der Waals surface area (Å²) in [7, 11) is -2.25. The number of ether oxygens (including phenoxy) is 1. The molecule has 1 fully saturated rings. The molecule has 3 rings (SSSR count). The fourth-order valence-electron chi connectivity index (χ4n) is 2.86. The molecule has 0 saturated carbocycles. The van der Waals surface area contributed by atoms with Crippen molar-refractivity contribution >= 4 is 27.5 Å². The first-order valence-electron chi connectivity index (χ1n) is 7.53. The van der Waals surface area contributed by atoms with E-state index in [4.69, 9.17) is 21.6 Å². The average molecular weight is 378 g/mol. The molecule has 0 bridgehead atoms. The second kappa shape index (κ2) is 6.92. The van der Waals surface area contributed by atoms with Gasteiger partial charge in [0, 0.05) is 11.6 Å². The Balaban J connectivity index is 2.10. The highest BCUT2D eigenvalue weighted by Crippen LogP contribution is 2.39. The Hall–Kier alpha value is -2.27. The largest absolute Gasteiger partial charge is 0.497 e. The molecule has 6 nitrogen and oxygen atoms in total. The first-order valence-corrected chi connectivity index (χ1v) is 9.31. The molecule has 1 heterocycles. The summed E-state index contributed by atoms with van der Waals surface area (Å²) in [5.74, 6) is 0.643. The normalized spacial score (nSPS) is 19.6. The van der Waals surface area contributed by atoms with Gasteiger partial charge in [0.1, 0.15) is 12.3 Å². The van der Waals surface area contributed by atoms with Gasteiger partial charge in [-0.05, 0) is 42.0 Å². The van der Waals surface area contributed by atoms with Crippen LogP contribution in [-0.4, -0.2) is 32.9 Å². The summed E-state index contributed by atoms with van der Waals surface area (Å²) in [6, 6.07) is 15.3. The van der Waals surface area contributed by atoms with Crippen LogP contribution in [-0.2, 0) is 10.2 Å². The van der Waals surface area contributed by atoms with Gasteiger partial charge in [-0.25, -0.2) is 4.31 Å². The first kappa shape index (κ1) is 17.5. The van der Waals surface area contributed by atoms with Gasteiger partial charge in [-0.1, -0.05) is 23.7 Å². The van der Waals surface area contributed by atoms with E-state index in [0.29, 0.717) is 16.5 Å². The molecule has 1 aliphatic rings. The lowest BCUT2D eigenvalue weighted by Gasteiger charge is -2.25. The van der Waals surface area contributed by atoms with Crippen LogP contribution < -0.4 is 9.04 Å². The van der Waals surface area contributed by atoms with Crippen LogP contribution in [0.4, 0.5) is 5.69 Å². The monoisotopic (exact) mass is 377 g/mol. The van der Waals surface area contributed by atoms with Gasteiger partial charge in [0.2, 0.25) is 0 Å². The van der Waals surface area contributed by atoms with Crippen LogP contribution in [0.15, 0.2) is 48.5 Å². The molecule has 0 amide bonds. The van der Waals surface area contributed by atoms with Crippen LogP contribution in [0.1, 0.15) is 11.6 Å². The van der Waals surface area contributed by atoms with Crippen molar-refractivity contribution in [3.05, 3.63) is 59.1 Å². The van der Waals surface area contributed by atoms with Crippen molar-refractivity contribution in [1.82, 2.24) is 4.31 Å². The van der Waals surface area contributed by atoms with Crippen LogP contribution in [0.25, 0.3) is 0 Å². The minimum absolute atomic E-state index is 0.186. The Labute approximate surface area is 152 Å². The van der Waals surface area contributed by atoms with E-state index in [0.717, 1.165) is 5.56 Å². The third-order valence-corrected chi connectivity index (χ3v) is 6.19. The number of hydrogen-bond acceptors (Lipinski definition) is 4. The van der Waals surface area contributed by atoms with Crippen molar-refractivity contribution in [2.75, 3.05) is 24.5 Å². The zero-order chi connectivity index (χ0) is 18.0. The molecule has 0 aromatic heterocycles. The van der Waals surface area contributed by atoms with Gasteiger partial charge in [-0.3, -0.25) is 0 Å². The lowest BCUT2D eigenvalue weighted by atomic mass is 10.1. The third kappa shape index (κ3) is 3.29. The lowest BCUT2D eigenvalue weighted by molar-refractivity contribution is 0.413. The fourth-order valence-corrected chi connectivity index (χ4v) is 4.69. The number of anilines is 1. The Morgan fingerprint density at radius 2 is 2.00 bits per heavy atom. The van der Waals surface area contributed by atoms with Gasteiger partial charge in [0.15, 0.2) is 0 Å². The molecule has 1 unspecified atom stereocenters. The molecule has 2 aromatic carbocycles. The lowest BCUT2D eigenvalue weighted by Crippen LogP contribution is -2.33. The molecular weight excluding hydrogens is 362 g/mol. The van der Waals surface area contributed by atoms with Gasteiger partial charge < -0.3 is 4.74 Å². The molecule has 2 aromatic rings. The minimum atomic E-state index is -3.81. The Morgan fingerprint density at radius 3 is 2.64 bits per heavy atom. The highest BCUT2D eigenvalue weighted by atomic mass is 35.5. The predicted octanol–water partition coefficient (Wildman–Crippen LogP) is 2.98. The number of hydrogen-bond donors (Lipinski definition) is 0. The van der Waals surface area contributed by atoms with Crippen molar-refractivity contribution in [3.8, 4) is 11.8 Å². The maximum absolute atomic E-state index is 12.9. The summed E-state index contributed by atoms with van der Waals surface area (Å²) < 4.78 is 33.6. The van der Waals surface area contributed by atoms with E-state index >= 15 is 0 Å². The summed E-state index contributed by atoms with van der Waals surface area (Å²) >= 11 is 5.92. The number of nitrogens with zero attached hydrogens (tertiary/aromatic N) is 3. The summed E-state index contributed by atoms with van der Waals surface area (Å²) in [5.41, 5.74) is 1.29. The number of nitriles is 1. The summed E-state index contributed by atoms with van der Waals surface area (Å²) in [6.07, 6.45) is 0. The van der Waals surface area contributed by atoms with Gasteiger partial charge in [0.05, 0.1) is 24.9 Å². The van der Waals surface area contributed by atoms with E-state index in [-0.39, 0.29) is 13.1 Å². The SMILES string of the molecule is COc1cccc(C2CN(CC#N)S(=O)(=O)N2c2ccc(Cl)cc2)c1. The van der Waals surface area contributed by atoms with E-state index in [9.17, 15) is 8.42 Å². The van der Waals surface area contributed by atoms with Crippen molar-refractivity contribution < 1.29 is 13.2 Å². The van der Waals surface area contributed by atoms with Gasteiger partial charge >= 0.3 is 10.2 Å². The number of methoxy groups -OCH3 is 1. The maximum atomic E-state index is 12.9. The summed E-state index contributed by atoms with van der Waals surface area (Å²) in [5, 5.41) is 9.50. The minimum Gasteiger partial charge on any atom is -0.497 e. The van der Waals surface area contributed by atoms with Crippen LogP contribution in [0.2, 0.25) is 5.02 Å². The van der Waals surface area contributed by atoms with E-state index in [1.54, 1.807) is 43.5 Å². The highest BCUT2D eigenvalue weighted by Gasteiger charge is 2.44. The van der Waals surface area contributed by atoms with Crippen molar-refractivity contribution in [2.45, 2.75) is 6.04 Å². The van der Waals surface area contributed by atoms with Gasteiger partial charge in [0.25, 0.3) is 0 Å². The second-order valence-corrected chi connectivity index (χ2v) is 7.76. The molecular formula is C17H16ClN3O3S. The Morgan fingerprint density at radius 1 is 1.28 bits per heavy atom. The van der Waals surface area contributed by atoms with Crippen LogP contribution >= 0.6 is 11.6 Å². The molecule has 1 aliphatic heterocycles. The molecule has 130 valence electrons. The van der Waals surface area contributed by atoms with Crippen LogP contribution in [0.3, 0.4) is 0 Å². The number of benzene rings is 2. The Kier molecular flexibility index (Phi) is 4.86. The summed E-state index contributed by atoms with van der Waals surface area (Å²) in [4.78, 5) is 0. The molecule has 25 heavy (non-hydrogen) atoms. The molecule has 1 saturated heterocycles. The van der Waals surface area contributed by atoms with Gasteiger partial charge in [-0.15, -0.1) is 0 Å². The third-order valence-electron chi connectivity index (χ3n) is 4.04. The molecule has 0 N–H and O–H groups in total. The zero-order valence-electron chi connectivity index (χ0n) is 13.5. The fraction of sp³-hybridized carbons (Fsp3) is 0.235. The first-order chi connectivity index (χ1) is 12.0. The zero-order valence-corrected chi connectivity index (χ0v) is 15.0. The predicted molar refractivity (Wildman–Crippen MR) is 95.8 cm³/mol. The van der Waals surface area contributed by atoms with Gasteiger partial charge in [-0.2, -0.15) is 18.0 Å². The standard InChI is InChI=1S/C17H16ClN3O3S/c1-24-16-4-2-3-13(11-16)17-12-20(10-9-19)25(22,23)21(17)15-7-5-14(18)6-8-15/h2-8,11,17H,10,12H2,1H3.